The van der Waals surface area contributed by atoms with E-state index in [0.29, 0.717) is 36.3 Å². The molecule has 2 aromatic rings. The summed E-state index contributed by atoms with van der Waals surface area (Å²) in [4.78, 5) is 52.2. The minimum absolute atomic E-state index is 0.212. The fourth-order valence-corrected chi connectivity index (χ4v) is 5.19. The highest BCUT2D eigenvalue weighted by atomic mass is 32.2. The lowest BCUT2D eigenvalue weighted by Crippen LogP contribution is -2.48. The Labute approximate surface area is 184 Å². The van der Waals surface area contributed by atoms with E-state index < -0.39 is 17.6 Å². The Bertz CT molecular complexity index is 1070. The number of rotatable bonds is 6. The van der Waals surface area contributed by atoms with Crippen molar-refractivity contribution in [1.29, 1.82) is 0 Å². The molecule has 3 amide bonds. The smallest absolute Gasteiger partial charge is 0.336 e. The number of hydrogen-bond acceptors (Lipinski definition) is 6. The van der Waals surface area contributed by atoms with Crippen molar-refractivity contribution in [3.05, 3.63) is 40.2 Å². The van der Waals surface area contributed by atoms with Crippen LogP contribution < -0.4 is 10.9 Å². The van der Waals surface area contributed by atoms with E-state index in [-0.39, 0.29) is 23.7 Å². The Morgan fingerprint density at radius 2 is 1.84 bits per heavy atom. The van der Waals surface area contributed by atoms with E-state index in [1.807, 2.05) is 13.2 Å². The van der Waals surface area contributed by atoms with E-state index in [9.17, 15) is 19.2 Å². The van der Waals surface area contributed by atoms with E-state index in [4.69, 9.17) is 4.42 Å². The summed E-state index contributed by atoms with van der Waals surface area (Å²) in [7, 11) is 0. The third kappa shape index (κ3) is 4.13. The van der Waals surface area contributed by atoms with Crippen LogP contribution in [0.15, 0.2) is 33.5 Å². The zero-order valence-corrected chi connectivity index (χ0v) is 18.5. The number of nitrogens with one attached hydrogen (secondary N) is 1. The zero-order chi connectivity index (χ0) is 22.1. The number of benzene rings is 1. The molecule has 2 fully saturated rings. The molecule has 31 heavy (non-hydrogen) atoms. The second-order valence-corrected chi connectivity index (χ2v) is 9.28. The Morgan fingerprint density at radius 1 is 1.16 bits per heavy atom. The minimum atomic E-state index is -0.849. The van der Waals surface area contributed by atoms with E-state index in [1.54, 1.807) is 30.0 Å². The van der Waals surface area contributed by atoms with Gasteiger partial charge in [-0.1, -0.05) is 12.8 Å². The molecule has 7 nitrogen and oxygen atoms in total. The van der Waals surface area contributed by atoms with E-state index in [2.05, 4.69) is 5.32 Å². The van der Waals surface area contributed by atoms with Crippen molar-refractivity contribution in [3.63, 3.8) is 0 Å². The number of carbonyl (C=O) groups is 3. The van der Waals surface area contributed by atoms with E-state index in [1.165, 1.54) is 11.0 Å². The molecule has 0 bridgehead atoms. The molecule has 3 atom stereocenters. The number of amides is 3. The number of anilines is 1. The lowest BCUT2D eigenvalue weighted by molar-refractivity contribution is -0.146. The van der Waals surface area contributed by atoms with Crippen LogP contribution in [0.2, 0.25) is 0 Å². The summed E-state index contributed by atoms with van der Waals surface area (Å²) >= 11 is 1.57. The van der Waals surface area contributed by atoms with Crippen LogP contribution in [0, 0.1) is 18.8 Å². The van der Waals surface area contributed by atoms with Gasteiger partial charge in [-0.25, -0.2) is 4.79 Å². The molecule has 8 heteroatoms. The third-order valence-electron chi connectivity index (χ3n) is 6.30. The maximum atomic E-state index is 13.2. The maximum absolute atomic E-state index is 13.2. The number of hydrogen-bond donors (Lipinski definition) is 1. The molecular weight excluding hydrogens is 416 g/mol. The Balaban J connectivity index is 1.60. The van der Waals surface area contributed by atoms with Crippen molar-refractivity contribution in [2.24, 2.45) is 11.8 Å². The molecule has 164 valence electrons. The highest BCUT2D eigenvalue weighted by Crippen LogP contribution is 2.39. The lowest BCUT2D eigenvalue weighted by atomic mass is 9.81. The summed E-state index contributed by atoms with van der Waals surface area (Å²) in [5, 5.41) is 3.61. The van der Waals surface area contributed by atoms with Gasteiger partial charge in [-0.3, -0.25) is 19.3 Å². The van der Waals surface area contributed by atoms with Gasteiger partial charge in [0, 0.05) is 23.2 Å². The van der Waals surface area contributed by atoms with Crippen molar-refractivity contribution < 1.29 is 18.8 Å². The second-order valence-electron chi connectivity index (χ2n) is 8.29. The molecule has 1 aliphatic carbocycles. The second kappa shape index (κ2) is 8.86. The van der Waals surface area contributed by atoms with Crippen molar-refractivity contribution >= 4 is 46.1 Å². The standard InChI is InChI=1S/C23H26N2O5S/c1-13-11-20(26)30-19-12-14(7-8-15(13)19)24-21(27)18(9-10-31-2)25-22(28)16-5-3-4-6-17(16)23(25)29/h7-8,11-12,16-18H,3-6,9-10H2,1-2H3,(H,24,27)/t16-,17-,18+/m0/s1. The van der Waals surface area contributed by atoms with Crippen LogP contribution in [0.1, 0.15) is 37.7 Å². The quantitative estimate of drug-likeness (QED) is 0.544. The molecule has 0 spiro atoms. The van der Waals surface area contributed by atoms with Crippen LogP contribution in [-0.4, -0.2) is 40.7 Å². The van der Waals surface area contributed by atoms with Crippen LogP contribution in [0.25, 0.3) is 11.0 Å². The van der Waals surface area contributed by atoms with Crippen molar-refractivity contribution in [2.75, 3.05) is 17.3 Å². The number of aryl methyl sites for hydroxylation is 1. The van der Waals surface area contributed by atoms with Gasteiger partial charge in [0.2, 0.25) is 17.7 Å². The number of fused-ring (bicyclic) bond motifs is 2. The predicted octanol–water partition coefficient (Wildman–Crippen LogP) is 3.34. The molecule has 1 aliphatic heterocycles. The molecule has 0 radical (unpaired) electrons. The Hall–Kier alpha value is -2.61. The highest BCUT2D eigenvalue weighted by molar-refractivity contribution is 7.98. The fraction of sp³-hybridized carbons (Fsp3) is 0.478. The summed E-state index contributed by atoms with van der Waals surface area (Å²) in [5.41, 5.74) is 1.17. The lowest BCUT2D eigenvalue weighted by Gasteiger charge is -2.26. The molecule has 1 saturated heterocycles. The number of thioether (sulfide) groups is 1. The third-order valence-corrected chi connectivity index (χ3v) is 6.95. The Kier molecular flexibility index (Phi) is 6.18. The Morgan fingerprint density at radius 3 is 2.48 bits per heavy atom. The first-order valence-electron chi connectivity index (χ1n) is 10.6. The van der Waals surface area contributed by atoms with Gasteiger partial charge < -0.3 is 9.73 Å². The number of carbonyl (C=O) groups excluding carboxylic acids is 3. The van der Waals surface area contributed by atoms with Crippen LogP contribution in [-0.2, 0) is 14.4 Å². The average Bonchev–Trinajstić information content (AvgIpc) is 2.99. The summed E-state index contributed by atoms with van der Waals surface area (Å²) in [6, 6.07) is 5.68. The topological polar surface area (TPSA) is 96.7 Å². The first kappa shape index (κ1) is 21.6. The van der Waals surface area contributed by atoms with E-state index in [0.717, 1.165) is 23.8 Å². The first-order valence-corrected chi connectivity index (χ1v) is 12.0. The van der Waals surface area contributed by atoms with Crippen LogP contribution in [0.4, 0.5) is 5.69 Å². The van der Waals surface area contributed by atoms with E-state index >= 15 is 0 Å². The van der Waals surface area contributed by atoms with Gasteiger partial charge in [-0.05, 0) is 55.9 Å². The molecule has 0 unspecified atom stereocenters. The van der Waals surface area contributed by atoms with Gasteiger partial charge in [0.25, 0.3) is 0 Å². The predicted molar refractivity (Wildman–Crippen MR) is 120 cm³/mol. The van der Waals surface area contributed by atoms with Crippen LogP contribution in [0.3, 0.4) is 0 Å². The normalized spacial score (nSPS) is 21.9. The largest absolute Gasteiger partial charge is 0.423 e. The average molecular weight is 443 g/mol. The monoisotopic (exact) mass is 442 g/mol. The number of nitrogens with zero attached hydrogens (tertiary/aromatic N) is 1. The van der Waals surface area contributed by atoms with Gasteiger partial charge in [0.15, 0.2) is 0 Å². The molecular formula is C23H26N2O5S. The van der Waals surface area contributed by atoms with Crippen molar-refractivity contribution in [3.8, 4) is 0 Å². The van der Waals surface area contributed by atoms with Gasteiger partial charge in [-0.2, -0.15) is 11.8 Å². The zero-order valence-electron chi connectivity index (χ0n) is 17.7. The highest BCUT2D eigenvalue weighted by Gasteiger charge is 2.51. The van der Waals surface area contributed by atoms with Crippen molar-refractivity contribution in [2.45, 2.75) is 45.1 Å². The number of imide groups is 1. The molecule has 1 aromatic carbocycles. The SMILES string of the molecule is CSCC[C@H](C(=O)Nc1ccc2c(C)cc(=O)oc2c1)N1C(=O)[C@H]2CCCC[C@@H]2C1=O. The van der Waals surface area contributed by atoms with Gasteiger partial charge in [-0.15, -0.1) is 0 Å². The summed E-state index contributed by atoms with van der Waals surface area (Å²) in [6.45, 7) is 1.82. The molecule has 1 N–H and O–H groups in total. The van der Waals surface area contributed by atoms with Crippen LogP contribution in [0.5, 0.6) is 0 Å². The maximum Gasteiger partial charge on any atom is 0.336 e. The van der Waals surface area contributed by atoms with Gasteiger partial charge in [0.1, 0.15) is 11.6 Å². The molecule has 2 heterocycles. The molecule has 1 aromatic heterocycles. The van der Waals surface area contributed by atoms with Crippen LogP contribution >= 0.6 is 11.8 Å². The fourth-order valence-electron chi connectivity index (χ4n) is 4.73. The summed E-state index contributed by atoms with van der Waals surface area (Å²) in [6.07, 6.45) is 5.63. The summed E-state index contributed by atoms with van der Waals surface area (Å²) in [5.74, 6) is -0.751. The minimum Gasteiger partial charge on any atom is -0.423 e. The molecule has 2 aliphatic rings. The first-order chi connectivity index (χ1) is 14.9. The van der Waals surface area contributed by atoms with Crippen molar-refractivity contribution in [1.82, 2.24) is 4.90 Å². The molecule has 4 rings (SSSR count). The summed E-state index contributed by atoms with van der Waals surface area (Å²) < 4.78 is 5.26. The van der Waals surface area contributed by atoms with Gasteiger partial charge >= 0.3 is 5.63 Å². The number of likely N-dealkylation sites (tertiary alicyclic amines) is 1. The molecule has 1 saturated carbocycles. The van der Waals surface area contributed by atoms with Gasteiger partial charge in [0.05, 0.1) is 11.8 Å².